The maximum Gasteiger partial charge on any atom is 0.121 e. The molecule has 0 radical (unpaired) electrons. The van der Waals surface area contributed by atoms with Gasteiger partial charge in [0, 0.05) is 5.41 Å². The maximum atomic E-state index is 9.99. The van der Waals surface area contributed by atoms with E-state index in [-0.39, 0.29) is 5.41 Å². The summed E-state index contributed by atoms with van der Waals surface area (Å²) in [5.74, 6) is 0.703. The summed E-state index contributed by atoms with van der Waals surface area (Å²) in [6.45, 7) is 10.2. The van der Waals surface area contributed by atoms with Crippen molar-refractivity contribution < 1.29 is 10.2 Å². The largest absolute Gasteiger partial charge is 0.508 e. The Morgan fingerprint density at radius 1 is 0.857 bits per heavy atom. The highest BCUT2D eigenvalue weighted by Crippen LogP contribution is 2.39. The van der Waals surface area contributed by atoms with E-state index in [1.165, 1.54) is 11.1 Å². The Morgan fingerprint density at radius 2 is 1.38 bits per heavy atom. The van der Waals surface area contributed by atoms with Crippen molar-refractivity contribution in [2.75, 3.05) is 0 Å². The normalized spacial score (nSPS) is 14.0. The van der Waals surface area contributed by atoms with Crippen LogP contribution in [0, 0.1) is 20.8 Å². The molecule has 1 atom stereocenters. The SMILES string of the molecule is CCC(C)(c1ccc(O)c(C)c1)c1cc(C)c(O)c(C)c1. The highest BCUT2D eigenvalue weighted by molar-refractivity contribution is 5.49. The lowest BCUT2D eigenvalue weighted by atomic mass is 9.73. The summed E-state index contributed by atoms with van der Waals surface area (Å²) in [6.07, 6.45) is 0.945. The van der Waals surface area contributed by atoms with Crippen molar-refractivity contribution in [2.24, 2.45) is 0 Å². The molecule has 0 bridgehead atoms. The number of aromatic hydroxyl groups is 2. The molecule has 21 heavy (non-hydrogen) atoms. The summed E-state index contributed by atoms with van der Waals surface area (Å²) in [5, 5.41) is 19.7. The van der Waals surface area contributed by atoms with Crippen LogP contribution >= 0.6 is 0 Å². The molecule has 0 saturated heterocycles. The van der Waals surface area contributed by atoms with E-state index in [9.17, 15) is 10.2 Å². The minimum Gasteiger partial charge on any atom is -0.508 e. The number of aryl methyl sites for hydroxylation is 3. The molecule has 0 amide bonds. The number of hydrogen-bond donors (Lipinski definition) is 2. The van der Waals surface area contributed by atoms with Crippen LogP contribution in [0.5, 0.6) is 11.5 Å². The van der Waals surface area contributed by atoms with E-state index in [2.05, 4.69) is 32.0 Å². The highest BCUT2D eigenvalue weighted by Gasteiger charge is 2.28. The van der Waals surface area contributed by atoms with Crippen molar-refractivity contribution in [3.63, 3.8) is 0 Å². The van der Waals surface area contributed by atoms with Crippen LogP contribution in [-0.4, -0.2) is 10.2 Å². The zero-order chi connectivity index (χ0) is 15.8. The molecule has 2 aromatic carbocycles. The smallest absolute Gasteiger partial charge is 0.121 e. The van der Waals surface area contributed by atoms with Gasteiger partial charge in [0.05, 0.1) is 0 Å². The lowest BCUT2D eigenvalue weighted by Crippen LogP contribution is -2.23. The molecule has 112 valence electrons. The lowest BCUT2D eigenvalue weighted by Gasteiger charge is -2.31. The van der Waals surface area contributed by atoms with E-state index in [0.717, 1.165) is 23.1 Å². The molecule has 0 spiro atoms. The highest BCUT2D eigenvalue weighted by atomic mass is 16.3. The summed E-state index contributed by atoms with van der Waals surface area (Å²) in [7, 11) is 0. The molecule has 0 aliphatic heterocycles. The number of phenols is 2. The first-order valence-corrected chi connectivity index (χ1v) is 7.40. The van der Waals surface area contributed by atoms with Gasteiger partial charge in [-0.2, -0.15) is 0 Å². The van der Waals surface area contributed by atoms with Crippen LogP contribution in [0.1, 0.15) is 48.1 Å². The Labute approximate surface area is 127 Å². The predicted octanol–water partition coefficient (Wildman–Crippen LogP) is 4.74. The summed E-state index contributed by atoms with van der Waals surface area (Å²) in [6, 6.07) is 9.93. The van der Waals surface area contributed by atoms with Crippen molar-refractivity contribution in [2.45, 2.75) is 46.5 Å². The summed E-state index contributed by atoms with van der Waals surface area (Å²) in [4.78, 5) is 0. The van der Waals surface area contributed by atoms with Crippen LogP contribution in [0.15, 0.2) is 30.3 Å². The van der Waals surface area contributed by atoms with Gasteiger partial charge in [-0.25, -0.2) is 0 Å². The minimum atomic E-state index is -0.137. The Bertz CT molecular complexity index is 650. The molecule has 0 aliphatic carbocycles. The predicted molar refractivity (Wildman–Crippen MR) is 87.2 cm³/mol. The molecule has 0 fully saturated rings. The second-order valence-electron chi connectivity index (χ2n) is 6.15. The first-order chi connectivity index (χ1) is 9.79. The molecule has 0 heterocycles. The zero-order valence-corrected chi connectivity index (χ0v) is 13.5. The second-order valence-corrected chi connectivity index (χ2v) is 6.15. The molecule has 2 rings (SSSR count). The fourth-order valence-electron chi connectivity index (χ4n) is 2.85. The monoisotopic (exact) mass is 284 g/mol. The quantitative estimate of drug-likeness (QED) is 0.854. The topological polar surface area (TPSA) is 40.5 Å². The van der Waals surface area contributed by atoms with Crippen LogP contribution in [0.4, 0.5) is 0 Å². The number of phenolic OH excluding ortho intramolecular Hbond substituents is 2. The van der Waals surface area contributed by atoms with E-state index >= 15 is 0 Å². The first kappa shape index (κ1) is 15.4. The third-order valence-electron chi connectivity index (χ3n) is 4.67. The van der Waals surface area contributed by atoms with Gasteiger partial charge < -0.3 is 10.2 Å². The molecule has 2 nitrogen and oxygen atoms in total. The summed E-state index contributed by atoms with van der Waals surface area (Å²) >= 11 is 0. The lowest BCUT2D eigenvalue weighted by molar-refractivity contribution is 0.464. The van der Waals surface area contributed by atoms with E-state index in [1.807, 2.05) is 26.8 Å². The van der Waals surface area contributed by atoms with E-state index in [1.54, 1.807) is 6.07 Å². The molecule has 0 aromatic heterocycles. The van der Waals surface area contributed by atoms with Gasteiger partial charge >= 0.3 is 0 Å². The Hall–Kier alpha value is -1.96. The minimum absolute atomic E-state index is 0.137. The standard InChI is InChI=1S/C19H24O2/c1-6-19(5,15-7-8-17(20)12(2)9-15)16-10-13(3)18(21)14(4)11-16/h7-11,20-21H,6H2,1-5H3. The number of benzene rings is 2. The first-order valence-electron chi connectivity index (χ1n) is 7.40. The van der Waals surface area contributed by atoms with E-state index in [4.69, 9.17) is 0 Å². The molecular formula is C19H24O2. The van der Waals surface area contributed by atoms with Gasteiger partial charge in [0.25, 0.3) is 0 Å². The van der Waals surface area contributed by atoms with Crippen LogP contribution in [-0.2, 0) is 5.41 Å². The molecule has 2 N–H and O–H groups in total. The van der Waals surface area contributed by atoms with Crippen LogP contribution < -0.4 is 0 Å². The molecule has 0 aliphatic rings. The van der Waals surface area contributed by atoms with Gasteiger partial charge in [-0.3, -0.25) is 0 Å². The third-order valence-corrected chi connectivity index (χ3v) is 4.67. The maximum absolute atomic E-state index is 9.99. The van der Waals surface area contributed by atoms with Gasteiger partial charge in [0.2, 0.25) is 0 Å². The van der Waals surface area contributed by atoms with Crippen LogP contribution in [0.25, 0.3) is 0 Å². The van der Waals surface area contributed by atoms with Crippen molar-refractivity contribution in [3.05, 3.63) is 58.1 Å². The van der Waals surface area contributed by atoms with Crippen molar-refractivity contribution in [1.82, 2.24) is 0 Å². The molecule has 2 aromatic rings. The fraction of sp³-hybridized carbons (Fsp3) is 0.368. The van der Waals surface area contributed by atoms with Crippen molar-refractivity contribution in [1.29, 1.82) is 0 Å². The van der Waals surface area contributed by atoms with E-state index < -0.39 is 0 Å². The number of rotatable bonds is 3. The summed E-state index contributed by atoms with van der Waals surface area (Å²) in [5.41, 5.74) is 4.94. The second kappa shape index (κ2) is 5.44. The van der Waals surface area contributed by atoms with Gasteiger partial charge in [0.1, 0.15) is 11.5 Å². The Morgan fingerprint density at radius 3 is 1.86 bits per heavy atom. The zero-order valence-electron chi connectivity index (χ0n) is 13.5. The summed E-state index contributed by atoms with van der Waals surface area (Å²) < 4.78 is 0. The molecule has 0 saturated carbocycles. The van der Waals surface area contributed by atoms with Gasteiger partial charge in [-0.1, -0.05) is 38.1 Å². The van der Waals surface area contributed by atoms with Crippen molar-refractivity contribution in [3.8, 4) is 11.5 Å². The average molecular weight is 284 g/mol. The number of hydrogen-bond acceptors (Lipinski definition) is 2. The fourth-order valence-corrected chi connectivity index (χ4v) is 2.85. The average Bonchev–Trinajstić information content (AvgIpc) is 2.46. The van der Waals surface area contributed by atoms with Crippen LogP contribution in [0.3, 0.4) is 0 Å². The van der Waals surface area contributed by atoms with Gasteiger partial charge in [-0.15, -0.1) is 0 Å². The van der Waals surface area contributed by atoms with Gasteiger partial charge in [-0.05, 0) is 61.1 Å². The molecule has 2 heteroatoms. The Balaban J connectivity index is 2.62. The Kier molecular flexibility index (Phi) is 3.99. The van der Waals surface area contributed by atoms with Gasteiger partial charge in [0.15, 0.2) is 0 Å². The molecule has 1 unspecified atom stereocenters. The third kappa shape index (κ3) is 2.63. The van der Waals surface area contributed by atoms with E-state index in [0.29, 0.717) is 11.5 Å². The molecular weight excluding hydrogens is 260 g/mol. The van der Waals surface area contributed by atoms with Crippen molar-refractivity contribution >= 4 is 0 Å². The van der Waals surface area contributed by atoms with Crippen LogP contribution in [0.2, 0.25) is 0 Å².